The molecule has 3 nitrogen and oxygen atoms in total. The molecule has 0 saturated carbocycles. The van der Waals surface area contributed by atoms with E-state index < -0.39 is 0 Å². The highest BCUT2D eigenvalue weighted by Crippen LogP contribution is 2.53. The SMILES string of the molecule is CC1(C)C2=C(C=CC(C3=CCC(c4cccc(C#N)c4-n4c5ccccc5c5ccccc54)C=C3)C2)N(C2=CCCC=C2)C2C=CC=CC21. The highest BCUT2D eigenvalue weighted by molar-refractivity contribution is 6.09. The summed E-state index contributed by atoms with van der Waals surface area (Å²) in [6.45, 7) is 4.92. The van der Waals surface area contributed by atoms with E-state index in [-0.39, 0.29) is 11.3 Å². The Hall–Kier alpha value is -5.33. The van der Waals surface area contributed by atoms with Crippen LogP contribution in [0, 0.1) is 28.6 Å². The zero-order chi connectivity index (χ0) is 33.1. The van der Waals surface area contributed by atoms with Crippen molar-refractivity contribution in [3.05, 3.63) is 173 Å². The van der Waals surface area contributed by atoms with Gasteiger partial charge in [0.2, 0.25) is 0 Å². The van der Waals surface area contributed by atoms with Gasteiger partial charge < -0.3 is 9.47 Å². The molecule has 4 aromatic rings. The Labute approximate surface area is 289 Å². The molecule has 4 unspecified atom stereocenters. The van der Waals surface area contributed by atoms with Crippen molar-refractivity contribution < 1.29 is 0 Å². The van der Waals surface area contributed by atoms with Crippen LogP contribution in [-0.4, -0.2) is 15.5 Å². The van der Waals surface area contributed by atoms with E-state index in [0.29, 0.717) is 23.4 Å². The highest BCUT2D eigenvalue weighted by atomic mass is 15.2. The van der Waals surface area contributed by atoms with Crippen molar-refractivity contribution in [2.45, 2.75) is 51.5 Å². The van der Waals surface area contributed by atoms with Crippen LogP contribution in [0.4, 0.5) is 0 Å². The predicted octanol–water partition coefficient (Wildman–Crippen LogP) is 11.1. The zero-order valence-electron chi connectivity index (χ0n) is 28.3. The molecule has 2 heterocycles. The van der Waals surface area contributed by atoms with Crippen molar-refractivity contribution in [3.63, 3.8) is 0 Å². The van der Waals surface area contributed by atoms with E-state index in [1.54, 1.807) is 5.57 Å². The summed E-state index contributed by atoms with van der Waals surface area (Å²) in [7, 11) is 0. The molecular weight excluding hydrogens is 595 g/mol. The van der Waals surface area contributed by atoms with E-state index in [4.69, 9.17) is 0 Å². The summed E-state index contributed by atoms with van der Waals surface area (Å²) < 4.78 is 2.32. The van der Waals surface area contributed by atoms with Crippen LogP contribution >= 0.6 is 0 Å². The maximum absolute atomic E-state index is 10.4. The fourth-order valence-corrected chi connectivity index (χ4v) is 9.22. The summed E-state index contributed by atoms with van der Waals surface area (Å²) in [6.07, 6.45) is 32.7. The smallest absolute Gasteiger partial charge is 0.101 e. The third kappa shape index (κ3) is 4.69. The van der Waals surface area contributed by atoms with Gasteiger partial charge in [-0.3, -0.25) is 0 Å². The van der Waals surface area contributed by atoms with Gasteiger partial charge in [-0.25, -0.2) is 0 Å². The molecular formula is C46H41N3. The molecule has 0 fully saturated rings. The van der Waals surface area contributed by atoms with Crippen molar-refractivity contribution in [2.75, 3.05) is 0 Å². The molecule has 0 amide bonds. The molecule has 0 spiro atoms. The quantitative estimate of drug-likeness (QED) is 0.223. The maximum Gasteiger partial charge on any atom is 0.101 e. The number of rotatable bonds is 4. The first-order chi connectivity index (χ1) is 24.0. The topological polar surface area (TPSA) is 32.0 Å². The molecule has 3 aromatic carbocycles. The molecule has 9 rings (SSSR count). The third-order valence-corrected chi connectivity index (χ3v) is 11.7. The van der Waals surface area contributed by atoms with Crippen LogP contribution in [0.2, 0.25) is 0 Å². The summed E-state index contributed by atoms with van der Waals surface area (Å²) in [6, 6.07) is 26.2. The molecule has 4 atom stereocenters. The summed E-state index contributed by atoms with van der Waals surface area (Å²) in [4.78, 5) is 2.62. The average Bonchev–Trinajstić information content (AvgIpc) is 3.49. The molecule has 3 heteroatoms. The third-order valence-electron chi connectivity index (χ3n) is 11.7. The van der Waals surface area contributed by atoms with Crippen molar-refractivity contribution in [2.24, 2.45) is 17.3 Å². The number of nitriles is 1. The Morgan fingerprint density at radius 3 is 2.22 bits per heavy atom. The molecule has 1 aliphatic heterocycles. The lowest BCUT2D eigenvalue weighted by Crippen LogP contribution is -2.50. The molecule has 240 valence electrons. The minimum atomic E-state index is 0.0517. The van der Waals surface area contributed by atoms with Gasteiger partial charge in [-0.05, 0) is 78.2 Å². The number of para-hydroxylation sites is 3. The summed E-state index contributed by atoms with van der Waals surface area (Å²) in [5.74, 6) is 0.947. The van der Waals surface area contributed by atoms with Crippen LogP contribution < -0.4 is 0 Å². The Morgan fingerprint density at radius 2 is 1.51 bits per heavy atom. The number of allylic oxidation sites excluding steroid dienone is 12. The molecule has 0 bridgehead atoms. The number of nitrogens with zero attached hydrogens (tertiary/aromatic N) is 3. The van der Waals surface area contributed by atoms with Gasteiger partial charge in [0.05, 0.1) is 28.3 Å². The molecule has 5 aliphatic rings. The molecule has 4 aliphatic carbocycles. The van der Waals surface area contributed by atoms with Crippen LogP contribution in [0.1, 0.15) is 56.6 Å². The largest absolute Gasteiger partial charge is 0.334 e. The van der Waals surface area contributed by atoms with E-state index >= 15 is 0 Å². The van der Waals surface area contributed by atoms with E-state index in [1.165, 1.54) is 33.3 Å². The number of fused-ring (bicyclic) bond motifs is 4. The van der Waals surface area contributed by atoms with Gasteiger partial charge in [0, 0.05) is 39.9 Å². The molecule has 0 radical (unpaired) electrons. The minimum absolute atomic E-state index is 0.0517. The Balaban J connectivity index is 1.06. The lowest BCUT2D eigenvalue weighted by Gasteiger charge is -2.53. The fourth-order valence-electron chi connectivity index (χ4n) is 9.22. The van der Waals surface area contributed by atoms with Crippen LogP contribution in [0.15, 0.2) is 162 Å². The van der Waals surface area contributed by atoms with Crippen LogP contribution in [0.3, 0.4) is 0 Å². The number of benzene rings is 3. The summed E-state index contributed by atoms with van der Waals surface area (Å²) >= 11 is 0. The van der Waals surface area contributed by atoms with Gasteiger partial charge in [0.25, 0.3) is 0 Å². The number of hydrogen-bond donors (Lipinski definition) is 0. The second-order valence-corrected chi connectivity index (χ2v) is 14.7. The first kappa shape index (κ1) is 29.8. The van der Waals surface area contributed by atoms with Gasteiger partial charge in [-0.2, -0.15) is 5.26 Å². The molecule has 0 saturated heterocycles. The van der Waals surface area contributed by atoms with Crippen molar-refractivity contribution in [1.29, 1.82) is 5.26 Å². The summed E-state index contributed by atoms with van der Waals surface area (Å²) in [5.41, 5.74) is 10.9. The van der Waals surface area contributed by atoms with Gasteiger partial charge >= 0.3 is 0 Å². The Morgan fingerprint density at radius 1 is 0.755 bits per heavy atom. The standard InChI is InChI=1S/C46H41N3/c1-46(2)39-19-8-11-22-43(39)48(35-14-4-3-5-15-35)44-28-27-33(29-40(44)46)31-23-25-32(26-24-31)36-18-12-13-34(30-47)45(36)49-41-20-9-6-16-37(41)38-17-7-10-21-42(38)49/h4,6-25,27-28,32-33,39,43H,3,5,26,29H2,1-2H3. The van der Waals surface area contributed by atoms with E-state index in [1.807, 2.05) is 12.1 Å². The zero-order valence-corrected chi connectivity index (χ0v) is 28.3. The fraction of sp³-hybridized carbons (Fsp3) is 0.239. The highest BCUT2D eigenvalue weighted by Gasteiger charge is 2.47. The Bertz CT molecular complexity index is 2250. The normalized spacial score (nSPS) is 25.3. The van der Waals surface area contributed by atoms with Gasteiger partial charge in [0.15, 0.2) is 0 Å². The van der Waals surface area contributed by atoms with Crippen molar-refractivity contribution in [3.8, 4) is 11.8 Å². The van der Waals surface area contributed by atoms with Gasteiger partial charge in [0.1, 0.15) is 6.07 Å². The van der Waals surface area contributed by atoms with Crippen LogP contribution in [-0.2, 0) is 0 Å². The predicted molar refractivity (Wildman–Crippen MR) is 202 cm³/mol. The lowest BCUT2D eigenvalue weighted by atomic mass is 9.61. The maximum atomic E-state index is 10.4. The minimum Gasteiger partial charge on any atom is -0.334 e. The van der Waals surface area contributed by atoms with E-state index in [2.05, 4.69) is 157 Å². The van der Waals surface area contributed by atoms with E-state index in [0.717, 1.165) is 42.4 Å². The molecule has 49 heavy (non-hydrogen) atoms. The first-order valence-electron chi connectivity index (χ1n) is 17.9. The van der Waals surface area contributed by atoms with Crippen LogP contribution in [0.25, 0.3) is 27.5 Å². The van der Waals surface area contributed by atoms with Crippen molar-refractivity contribution >= 4 is 21.8 Å². The lowest BCUT2D eigenvalue weighted by molar-refractivity contribution is 0.162. The monoisotopic (exact) mass is 635 g/mol. The molecule has 0 N–H and O–H groups in total. The second kappa shape index (κ2) is 11.7. The summed E-state index contributed by atoms with van der Waals surface area (Å²) in [5, 5.41) is 12.8. The Kier molecular flexibility index (Phi) is 7.09. The van der Waals surface area contributed by atoms with Gasteiger partial charge in [-0.1, -0.05) is 123 Å². The average molecular weight is 636 g/mol. The van der Waals surface area contributed by atoms with E-state index in [9.17, 15) is 5.26 Å². The van der Waals surface area contributed by atoms with Crippen LogP contribution in [0.5, 0.6) is 0 Å². The number of aromatic nitrogens is 1. The first-order valence-corrected chi connectivity index (χ1v) is 17.9. The second-order valence-electron chi connectivity index (χ2n) is 14.7. The number of hydrogen-bond acceptors (Lipinski definition) is 2. The van der Waals surface area contributed by atoms with Crippen molar-refractivity contribution in [1.82, 2.24) is 9.47 Å². The van der Waals surface area contributed by atoms with Gasteiger partial charge in [-0.15, -0.1) is 0 Å². The molecule has 1 aromatic heterocycles.